The van der Waals surface area contributed by atoms with Crippen LogP contribution in [0.1, 0.15) is 39.5 Å². The van der Waals surface area contributed by atoms with Gasteiger partial charge in [0.1, 0.15) is 12.2 Å². The maximum atomic E-state index is 12.1. The Kier molecular flexibility index (Phi) is 3.62. The number of amides is 2. The Bertz CT molecular complexity index is 393. The third-order valence-corrected chi connectivity index (χ3v) is 4.37. The van der Waals surface area contributed by atoms with Crippen LogP contribution < -0.4 is 0 Å². The highest BCUT2D eigenvalue weighted by Gasteiger charge is 2.49. The number of hydrogen-bond donors (Lipinski definition) is 1. The van der Waals surface area contributed by atoms with Gasteiger partial charge < -0.3 is 9.84 Å². The monoisotopic (exact) mass is 269 g/mol. The fourth-order valence-electron chi connectivity index (χ4n) is 2.76. The van der Waals surface area contributed by atoms with Crippen molar-refractivity contribution in [2.75, 3.05) is 6.54 Å². The van der Waals surface area contributed by atoms with Gasteiger partial charge in [-0.3, -0.25) is 19.3 Å². The van der Waals surface area contributed by atoms with Crippen LogP contribution in [-0.2, 0) is 19.1 Å². The van der Waals surface area contributed by atoms with E-state index in [0.29, 0.717) is 25.7 Å². The molecule has 106 valence electrons. The number of imide groups is 1. The van der Waals surface area contributed by atoms with Gasteiger partial charge in [-0.05, 0) is 25.7 Å². The first-order valence-corrected chi connectivity index (χ1v) is 6.69. The van der Waals surface area contributed by atoms with E-state index in [2.05, 4.69) is 0 Å². The minimum absolute atomic E-state index is 0.0522. The maximum absolute atomic E-state index is 12.1. The van der Waals surface area contributed by atoms with Gasteiger partial charge in [0, 0.05) is 6.54 Å². The molecule has 0 spiro atoms. The Morgan fingerprint density at radius 2 is 1.74 bits per heavy atom. The molecule has 2 fully saturated rings. The Labute approximate surface area is 111 Å². The number of ether oxygens (including phenoxy) is 1. The largest absolute Gasteiger partial charge is 0.481 e. The SMILES string of the molecule is CCC(CC)(CN1C(=O)C2CCC(O2)C1=O)C(=O)O. The third kappa shape index (κ3) is 2.14. The highest BCUT2D eigenvalue weighted by molar-refractivity contribution is 6.02. The van der Waals surface area contributed by atoms with Crippen molar-refractivity contribution in [3.63, 3.8) is 0 Å². The number of carboxylic acid groups (broad SMARTS) is 1. The maximum Gasteiger partial charge on any atom is 0.311 e. The molecule has 1 N–H and O–H groups in total. The minimum atomic E-state index is -1.05. The van der Waals surface area contributed by atoms with Crippen LogP contribution in [0.4, 0.5) is 0 Å². The van der Waals surface area contributed by atoms with E-state index in [1.54, 1.807) is 13.8 Å². The molecule has 19 heavy (non-hydrogen) atoms. The van der Waals surface area contributed by atoms with Crippen LogP contribution >= 0.6 is 0 Å². The summed E-state index contributed by atoms with van der Waals surface area (Å²) in [5, 5.41) is 9.39. The molecule has 0 aromatic heterocycles. The normalized spacial score (nSPS) is 26.9. The highest BCUT2D eigenvalue weighted by atomic mass is 16.5. The van der Waals surface area contributed by atoms with Crippen LogP contribution in [-0.4, -0.2) is 46.5 Å². The molecule has 0 aromatic rings. The zero-order chi connectivity index (χ0) is 14.2. The summed E-state index contributed by atoms with van der Waals surface area (Å²) in [5.41, 5.74) is -1.05. The zero-order valence-corrected chi connectivity index (χ0v) is 11.2. The summed E-state index contributed by atoms with van der Waals surface area (Å²) in [5.74, 6) is -1.73. The predicted molar refractivity (Wildman–Crippen MR) is 65.3 cm³/mol. The molecular weight excluding hydrogens is 250 g/mol. The molecule has 0 saturated carbocycles. The van der Waals surface area contributed by atoms with E-state index in [9.17, 15) is 19.5 Å². The summed E-state index contributed by atoms with van der Waals surface area (Å²) >= 11 is 0. The van der Waals surface area contributed by atoms with E-state index in [1.165, 1.54) is 0 Å². The Balaban J connectivity index is 2.23. The quantitative estimate of drug-likeness (QED) is 0.746. The standard InChI is InChI=1S/C13H19NO5/c1-3-13(4-2,12(17)18)7-14-10(15)8-5-6-9(19-8)11(14)16/h8-9H,3-7H2,1-2H3,(H,17,18). The number of morpholine rings is 1. The summed E-state index contributed by atoms with van der Waals surface area (Å²) in [7, 11) is 0. The molecule has 2 aliphatic heterocycles. The molecule has 0 aliphatic carbocycles. The topological polar surface area (TPSA) is 83.9 Å². The lowest BCUT2D eigenvalue weighted by Crippen LogP contribution is -2.56. The summed E-state index contributed by atoms with van der Waals surface area (Å²) in [6.45, 7) is 3.48. The molecule has 2 unspecified atom stereocenters. The van der Waals surface area contributed by atoms with Crippen molar-refractivity contribution >= 4 is 17.8 Å². The number of aliphatic carboxylic acids is 1. The second-order valence-corrected chi connectivity index (χ2v) is 5.25. The van der Waals surface area contributed by atoms with E-state index in [-0.39, 0.29) is 18.4 Å². The molecule has 2 rings (SSSR count). The van der Waals surface area contributed by atoms with Gasteiger partial charge in [-0.25, -0.2) is 0 Å². The number of rotatable bonds is 5. The lowest BCUT2D eigenvalue weighted by atomic mass is 9.81. The van der Waals surface area contributed by atoms with Gasteiger partial charge in [0.2, 0.25) is 0 Å². The fourth-order valence-corrected chi connectivity index (χ4v) is 2.76. The van der Waals surface area contributed by atoms with Crippen molar-refractivity contribution in [2.45, 2.75) is 51.7 Å². The summed E-state index contributed by atoms with van der Waals surface area (Å²) in [4.78, 5) is 36.8. The van der Waals surface area contributed by atoms with Crippen LogP contribution in [0.3, 0.4) is 0 Å². The Hall–Kier alpha value is -1.43. The molecule has 2 amide bonds. The fraction of sp³-hybridized carbons (Fsp3) is 0.769. The van der Waals surface area contributed by atoms with Gasteiger partial charge in [-0.15, -0.1) is 0 Å². The third-order valence-electron chi connectivity index (χ3n) is 4.37. The molecule has 0 radical (unpaired) electrons. The smallest absolute Gasteiger partial charge is 0.311 e. The molecule has 0 aromatic carbocycles. The van der Waals surface area contributed by atoms with Crippen molar-refractivity contribution in [3.05, 3.63) is 0 Å². The van der Waals surface area contributed by atoms with Crippen molar-refractivity contribution in [1.29, 1.82) is 0 Å². The molecule has 6 heteroatoms. The minimum Gasteiger partial charge on any atom is -0.481 e. The van der Waals surface area contributed by atoms with Gasteiger partial charge in [0.05, 0.1) is 5.41 Å². The number of carbonyl (C=O) groups excluding carboxylic acids is 2. The lowest BCUT2D eigenvalue weighted by molar-refractivity contribution is -0.172. The summed E-state index contributed by atoms with van der Waals surface area (Å²) in [6, 6.07) is 0. The van der Waals surface area contributed by atoms with Gasteiger partial charge in [-0.2, -0.15) is 0 Å². The summed E-state index contributed by atoms with van der Waals surface area (Å²) in [6.07, 6.45) is 0.720. The predicted octanol–water partition coefficient (Wildman–Crippen LogP) is 0.794. The average Bonchev–Trinajstić information content (AvgIpc) is 2.84. The Morgan fingerprint density at radius 3 is 2.11 bits per heavy atom. The van der Waals surface area contributed by atoms with Gasteiger partial charge in [-0.1, -0.05) is 13.8 Å². The van der Waals surface area contributed by atoms with E-state index in [4.69, 9.17) is 4.74 Å². The van der Waals surface area contributed by atoms with Crippen molar-refractivity contribution in [2.24, 2.45) is 5.41 Å². The number of nitrogens with zero attached hydrogens (tertiary/aromatic N) is 1. The summed E-state index contributed by atoms with van der Waals surface area (Å²) < 4.78 is 5.31. The first kappa shape index (κ1) is 14.0. The molecule has 6 nitrogen and oxygen atoms in total. The molecule has 2 saturated heterocycles. The average molecular weight is 269 g/mol. The van der Waals surface area contributed by atoms with E-state index in [1.807, 2.05) is 0 Å². The van der Waals surface area contributed by atoms with E-state index >= 15 is 0 Å². The molecule has 2 heterocycles. The van der Waals surface area contributed by atoms with Gasteiger partial charge in [0.25, 0.3) is 11.8 Å². The number of carboxylic acids is 1. The van der Waals surface area contributed by atoms with Crippen LogP contribution in [0.5, 0.6) is 0 Å². The molecule has 2 atom stereocenters. The Morgan fingerprint density at radius 1 is 1.26 bits per heavy atom. The molecule has 2 aliphatic rings. The molecule has 2 bridgehead atoms. The zero-order valence-electron chi connectivity index (χ0n) is 11.2. The molecular formula is C13H19NO5. The first-order chi connectivity index (χ1) is 8.95. The van der Waals surface area contributed by atoms with Gasteiger partial charge in [0.15, 0.2) is 0 Å². The number of fused-ring (bicyclic) bond motifs is 2. The van der Waals surface area contributed by atoms with E-state index in [0.717, 1.165) is 4.90 Å². The van der Waals surface area contributed by atoms with Crippen molar-refractivity contribution in [1.82, 2.24) is 4.90 Å². The second-order valence-electron chi connectivity index (χ2n) is 5.25. The van der Waals surface area contributed by atoms with Crippen LogP contribution in [0.2, 0.25) is 0 Å². The van der Waals surface area contributed by atoms with Crippen molar-refractivity contribution < 1.29 is 24.2 Å². The van der Waals surface area contributed by atoms with Crippen LogP contribution in [0, 0.1) is 5.41 Å². The first-order valence-electron chi connectivity index (χ1n) is 6.69. The van der Waals surface area contributed by atoms with Gasteiger partial charge >= 0.3 is 5.97 Å². The second kappa shape index (κ2) is 4.92. The highest BCUT2D eigenvalue weighted by Crippen LogP contribution is 2.33. The van der Waals surface area contributed by atoms with E-state index < -0.39 is 23.6 Å². The number of carbonyl (C=O) groups is 3. The van der Waals surface area contributed by atoms with Crippen LogP contribution in [0.25, 0.3) is 0 Å². The lowest BCUT2D eigenvalue weighted by Gasteiger charge is -2.36. The number of hydrogen-bond acceptors (Lipinski definition) is 4. The number of likely N-dealkylation sites (tertiary alicyclic amines) is 1. The van der Waals surface area contributed by atoms with Crippen molar-refractivity contribution in [3.8, 4) is 0 Å². The van der Waals surface area contributed by atoms with Crippen LogP contribution in [0.15, 0.2) is 0 Å².